The van der Waals surface area contributed by atoms with Crippen LogP contribution >= 0.6 is 0 Å². The van der Waals surface area contributed by atoms with Gasteiger partial charge >= 0.3 is 17.9 Å². The lowest BCUT2D eigenvalue weighted by atomic mass is 9.87. The fourth-order valence-electron chi connectivity index (χ4n) is 6.92. The monoisotopic (exact) mass is 852 g/mol. The van der Waals surface area contributed by atoms with E-state index in [-0.39, 0.29) is 86.8 Å². The van der Waals surface area contributed by atoms with E-state index >= 15 is 0 Å². The van der Waals surface area contributed by atoms with Crippen LogP contribution in [-0.2, 0) is 54.3 Å². The number of rotatable bonds is 22. The van der Waals surface area contributed by atoms with Gasteiger partial charge in [-0.2, -0.15) is 0 Å². The number of carbonyl (C=O) groups excluding carboxylic acids is 5. The van der Waals surface area contributed by atoms with Crippen LogP contribution in [0.15, 0.2) is 30.3 Å². The Labute approximate surface area is 364 Å². The standard InChI is InChI=1S/C28H45NO6.C19H38N2O4.H2/c1-10-20(4)26(23(33-9)17-25(31)35-28(5,6)7)29(8)27(32)22(19(2)3)16-24(30)34-18-21-14-12-11-13-15-21;1-10-13(4)17(21(8)18(23)16(20)12(2)3)14(24-9)11-15(22)25-19(5,6)7;/h11-15,19-20,22-23,26H,10,16-18H2,1-9H3;12-14,16-17H,10-11,20H2,1-9H3;1H/t20-,22-,23?,26-;13-,14?,16-,17-;/m00./s1. The molecule has 8 atom stereocenters. The quantitative estimate of drug-likeness (QED) is 0.0893. The van der Waals surface area contributed by atoms with Crippen molar-refractivity contribution in [3.63, 3.8) is 0 Å². The fourth-order valence-corrected chi connectivity index (χ4v) is 6.92. The number of hydrogen-bond donors (Lipinski definition) is 1. The van der Waals surface area contributed by atoms with Gasteiger partial charge in [-0.15, -0.1) is 0 Å². The third-order valence-electron chi connectivity index (χ3n) is 10.7. The number of methoxy groups -OCH3 is 2. The average molecular weight is 852 g/mol. The van der Waals surface area contributed by atoms with Crippen LogP contribution in [0, 0.1) is 29.6 Å². The molecule has 0 heterocycles. The first kappa shape index (κ1) is 56.5. The van der Waals surface area contributed by atoms with E-state index in [1.165, 1.54) is 0 Å². The molecule has 0 spiro atoms. The topological polar surface area (TPSA) is 164 Å². The molecule has 60 heavy (non-hydrogen) atoms. The highest BCUT2D eigenvalue weighted by Gasteiger charge is 2.39. The number of likely N-dealkylation sites (N-methyl/N-ethyl adjacent to an activating group) is 2. The molecule has 1 aromatic carbocycles. The smallest absolute Gasteiger partial charge is 0.309 e. The summed E-state index contributed by atoms with van der Waals surface area (Å²) in [5.74, 6) is -1.77. The molecule has 1 aromatic rings. The lowest BCUT2D eigenvalue weighted by molar-refractivity contribution is -0.162. The van der Waals surface area contributed by atoms with Gasteiger partial charge < -0.3 is 39.2 Å². The average Bonchev–Trinajstić information content (AvgIpc) is 3.16. The Hall–Kier alpha value is -3.55. The minimum absolute atomic E-state index is 0. The molecule has 13 heteroatoms. The largest absolute Gasteiger partial charge is 0.461 e. The van der Waals surface area contributed by atoms with Gasteiger partial charge in [0.05, 0.1) is 55.5 Å². The maximum atomic E-state index is 13.6. The molecule has 1 rings (SSSR count). The number of nitrogens with two attached hydrogens (primary N) is 1. The van der Waals surface area contributed by atoms with E-state index < -0.39 is 41.3 Å². The van der Waals surface area contributed by atoms with Gasteiger partial charge in [-0.25, -0.2) is 0 Å². The molecule has 0 saturated carbocycles. The number of ether oxygens (including phenoxy) is 5. The zero-order valence-electron chi connectivity index (χ0n) is 40.5. The third-order valence-corrected chi connectivity index (χ3v) is 10.7. The molecule has 0 saturated heterocycles. The highest BCUT2D eigenvalue weighted by molar-refractivity contribution is 5.84. The fraction of sp³-hybridized carbons (Fsp3) is 0.766. The van der Waals surface area contributed by atoms with E-state index in [0.29, 0.717) is 0 Å². The molecule has 0 aliphatic heterocycles. The van der Waals surface area contributed by atoms with Crippen LogP contribution in [0.25, 0.3) is 0 Å². The molecule has 2 amide bonds. The van der Waals surface area contributed by atoms with Crippen molar-refractivity contribution in [2.24, 2.45) is 35.3 Å². The summed E-state index contributed by atoms with van der Waals surface area (Å²) in [4.78, 5) is 67.1. The second-order valence-corrected chi connectivity index (χ2v) is 18.8. The van der Waals surface area contributed by atoms with Crippen LogP contribution in [0.2, 0.25) is 0 Å². The van der Waals surface area contributed by atoms with E-state index in [1.807, 2.05) is 113 Å². The Bertz CT molecular complexity index is 1450. The van der Waals surface area contributed by atoms with Gasteiger partial charge in [-0.3, -0.25) is 24.0 Å². The van der Waals surface area contributed by atoms with Crippen LogP contribution in [0.3, 0.4) is 0 Å². The van der Waals surface area contributed by atoms with Crippen LogP contribution < -0.4 is 5.73 Å². The van der Waals surface area contributed by atoms with Gasteiger partial charge in [0.2, 0.25) is 11.8 Å². The maximum absolute atomic E-state index is 13.6. The predicted octanol–water partition coefficient (Wildman–Crippen LogP) is 7.85. The molecule has 0 fully saturated rings. The molecule has 0 aliphatic rings. The highest BCUT2D eigenvalue weighted by atomic mass is 16.6. The highest BCUT2D eigenvalue weighted by Crippen LogP contribution is 2.28. The van der Waals surface area contributed by atoms with Crippen molar-refractivity contribution in [3.05, 3.63) is 35.9 Å². The Kier molecular flexibility index (Phi) is 25.1. The van der Waals surface area contributed by atoms with Gasteiger partial charge in [-0.1, -0.05) is 98.6 Å². The van der Waals surface area contributed by atoms with E-state index in [2.05, 4.69) is 13.8 Å². The molecular formula is C47H85N3O10. The van der Waals surface area contributed by atoms with Crippen molar-refractivity contribution in [1.29, 1.82) is 0 Å². The number of benzene rings is 1. The van der Waals surface area contributed by atoms with Gasteiger partial charge in [0.1, 0.15) is 17.8 Å². The number of esters is 3. The zero-order chi connectivity index (χ0) is 46.7. The molecule has 0 radical (unpaired) electrons. The van der Waals surface area contributed by atoms with E-state index in [0.717, 1.165) is 18.4 Å². The number of amides is 2. The lowest BCUT2D eigenvalue weighted by Gasteiger charge is -2.39. The van der Waals surface area contributed by atoms with E-state index in [4.69, 9.17) is 29.4 Å². The molecule has 2 N–H and O–H groups in total. The summed E-state index contributed by atoms with van der Waals surface area (Å²) >= 11 is 0. The number of nitrogens with zero attached hydrogens (tertiary/aromatic N) is 2. The second-order valence-electron chi connectivity index (χ2n) is 18.8. The Morgan fingerprint density at radius 2 is 1.03 bits per heavy atom. The minimum Gasteiger partial charge on any atom is -0.461 e. The van der Waals surface area contributed by atoms with E-state index in [9.17, 15) is 24.0 Å². The lowest BCUT2D eigenvalue weighted by Crippen LogP contribution is -2.55. The molecule has 0 aromatic heterocycles. The van der Waals surface area contributed by atoms with Crippen molar-refractivity contribution < 1.29 is 49.1 Å². The summed E-state index contributed by atoms with van der Waals surface area (Å²) in [5.41, 5.74) is 5.78. The van der Waals surface area contributed by atoms with Crippen molar-refractivity contribution >= 4 is 29.7 Å². The molecule has 2 unspecified atom stereocenters. The Morgan fingerprint density at radius 1 is 0.633 bits per heavy atom. The first-order valence-electron chi connectivity index (χ1n) is 21.6. The number of hydrogen-bond acceptors (Lipinski definition) is 11. The van der Waals surface area contributed by atoms with Crippen LogP contribution in [0.1, 0.15) is 136 Å². The minimum atomic E-state index is -0.605. The SMILES string of the molecule is CC[C@H](C)[C@@H](C(CC(=O)OC(C)(C)C)OC)N(C)C(=O)[C@@H](CC(=O)OCc1ccccc1)C(C)C.CC[C@H](C)[C@@H](C(CC(=O)OC(C)(C)C)OC)N(C)C(=O)[C@@H](N)C(C)C.[HH]. The van der Waals surface area contributed by atoms with Crippen molar-refractivity contribution in [2.45, 2.75) is 177 Å². The first-order valence-corrected chi connectivity index (χ1v) is 21.6. The molecule has 348 valence electrons. The first-order chi connectivity index (χ1) is 27.7. The maximum Gasteiger partial charge on any atom is 0.309 e. The Morgan fingerprint density at radius 3 is 1.37 bits per heavy atom. The molecular weight excluding hydrogens is 767 g/mol. The van der Waals surface area contributed by atoms with Gasteiger partial charge in [0.25, 0.3) is 0 Å². The van der Waals surface area contributed by atoms with Crippen LogP contribution in [-0.4, -0.2) is 109 Å². The van der Waals surface area contributed by atoms with Crippen LogP contribution in [0.5, 0.6) is 0 Å². The Balaban J connectivity index is 0. The summed E-state index contributed by atoms with van der Waals surface area (Å²) in [5, 5.41) is 0. The normalized spacial score (nSPS) is 15.9. The van der Waals surface area contributed by atoms with E-state index in [1.54, 1.807) is 38.1 Å². The molecule has 0 aliphatic carbocycles. The summed E-state index contributed by atoms with van der Waals surface area (Å²) in [6.45, 7) is 27.0. The van der Waals surface area contributed by atoms with Crippen LogP contribution in [0.4, 0.5) is 0 Å². The third kappa shape index (κ3) is 20.3. The molecule has 13 nitrogen and oxygen atoms in total. The summed E-state index contributed by atoms with van der Waals surface area (Å²) < 4.78 is 27.7. The van der Waals surface area contributed by atoms with Crippen molar-refractivity contribution in [2.75, 3.05) is 28.3 Å². The van der Waals surface area contributed by atoms with Gasteiger partial charge in [0, 0.05) is 29.7 Å². The van der Waals surface area contributed by atoms with Gasteiger partial charge in [0.15, 0.2) is 0 Å². The second kappa shape index (κ2) is 26.7. The van der Waals surface area contributed by atoms with Crippen molar-refractivity contribution in [3.8, 4) is 0 Å². The zero-order valence-corrected chi connectivity index (χ0v) is 40.5. The summed E-state index contributed by atoms with van der Waals surface area (Å²) in [7, 11) is 6.57. The van der Waals surface area contributed by atoms with Crippen molar-refractivity contribution in [1.82, 2.24) is 9.80 Å². The molecule has 0 bridgehead atoms. The summed E-state index contributed by atoms with van der Waals surface area (Å²) in [6, 6.07) is 8.27. The van der Waals surface area contributed by atoms with Gasteiger partial charge in [-0.05, 0) is 70.8 Å². The predicted molar refractivity (Wildman–Crippen MR) is 239 cm³/mol. The summed E-state index contributed by atoms with van der Waals surface area (Å²) in [6.07, 6.45) is 0.785. The number of carbonyl (C=O) groups is 5.